The van der Waals surface area contributed by atoms with Crippen molar-refractivity contribution in [2.45, 2.75) is 18.6 Å². The highest BCUT2D eigenvalue weighted by Gasteiger charge is 2.41. The van der Waals surface area contributed by atoms with Crippen molar-refractivity contribution in [2.75, 3.05) is 0 Å². The lowest BCUT2D eigenvalue weighted by atomic mass is 9.82. The van der Waals surface area contributed by atoms with Crippen LogP contribution in [0.5, 0.6) is 0 Å². The molecule has 2 aromatic carbocycles. The molecule has 2 nitrogen and oxygen atoms in total. The molecule has 0 aliphatic rings. The highest BCUT2D eigenvalue weighted by atomic mass is 35.5. The number of nitrogens with zero attached hydrogens (tertiary/aromatic N) is 2. The van der Waals surface area contributed by atoms with E-state index < -0.39 is 11.7 Å². The molecule has 3 aromatic rings. The summed E-state index contributed by atoms with van der Waals surface area (Å²) < 4.78 is 17.9. The van der Waals surface area contributed by atoms with Crippen LogP contribution in [0, 0.1) is 0 Å². The van der Waals surface area contributed by atoms with E-state index in [1.807, 2.05) is 0 Å². The molecule has 0 aliphatic carbocycles. The molecule has 1 aromatic heterocycles. The Morgan fingerprint density at radius 2 is 1.43 bits per heavy atom. The molecule has 0 radical (unpaired) electrons. The molecule has 118 valence electrons. The summed E-state index contributed by atoms with van der Waals surface area (Å²) in [5.74, 6) is 0. The predicted molar refractivity (Wildman–Crippen MR) is 91.7 cm³/mol. The van der Waals surface area contributed by atoms with Crippen LogP contribution in [0.2, 0.25) is 10.0 Å². The van der Waals surface area contributed by atoms with E-state index in [1.165, 1.54) is 0 Å². The van der Waals surface area contributed by atoms with Gasteiger partial charge in [-0.15, -0.1) is 0 Å². The van der Waals surface area contributed by atoms with Gasteiger partial charge in [-0.25, -0.2) is 4.39 Å². The first kappa shape index (κ1) is 16.0. The molecule has 1 unspecified atom stereocenters. The molecule has 5 heteroatoms. The molecule has 0 saturated carbocycles. The second-order valence-corrected chi connectivity index (χ2v) is 6.26. The first-order chi connectivity index (χ1) is 11.0. The number of benzene rings is 2. The molecular weight excluding hydrogens is 334 g/mol. The first-order valence-electron chi connectivity index (χ1n) is 7.22. The number of rotatable bonds is 4. The van der Waals surface area contributed by atoms with Gasteiger partial charge in [-0.2, -0.15) is 5.10 Å². The molecule has 1 atom stereocenters. The third-order valence-corrected chi connectivity index (χ3v) is 4.53. The van der Waals surface area contributed by atoms with E-state index in [4.69, 9.17) is 23.2 Å². The topological polar surface area (TPSA) is 17.8 Å². The lowest BCUT2D eigenvalue weighted by Gasteiger charge is -2.33. The standard InChI is InChI=1S/C18H15Cl2FN2/c1-13(23-12-2-11-22-23)18(21,14-3-7-16(19)8-4-14)15-5-9-17(20)10-6-15/h2-13H,1H3. The lowest BCUT2D eigenvalue weighted by molar-refractivity contribution is 0.134. The van der Waals surface area contributed by atoms with E-state index >= 15 is 4.39 Å². The highest BCUT2D eigenvalue weighted by molar-refractivity contribution is 6.30. The van der Waals surface area contributed by atoms with Crippen molar-refractivity contribution in [3.63, 3.8) is 0 Å². The zero-order valence-corrected chi connectivity index (χ0v) is 14.0. The van der Waals surface area contributed by atoms with Crippen LogP contribution in [0.25, 0.3) is 0 Å². The zero-order valence-electron chi connectivity index (χ0n) is 12.5. The van der Waals surface area contributed by atoms with E-state index in [1.54, 1.807) is 78.6 Å². The second kappa shape index (κ2) is 6.34. The SMILES string of the molecule is CC(n1cccn1)C(F)(c1ccc(Cl)cc1)c1ccc(Cl)cc1. The Bertz CT molecular complexity index is 722. The minimum absolute atomic E-state index is 0.521. The molecule has 0 aliphatic heterocycles. The van der Waals surface area contributed by atoms with Gasteiger partial charge in [0.25, 0.3) is 0 Å². The Hall–Kier alpha value is -1.84. The van der Waals surface area contributed by atoms with E-state index in [9.17, 15) is 0 Å². The lowest BCUT2D eigenvalue weighted by Crippen LogP contribution is -2.32. The normalized spacial score (nSPS) is 13.0. The van der Waals surface area contributed by atoms with Crippen LogP contribution in [0.15, 0.2) is 67.0 Å². The number of hydrogen-bond donors (Lipinski definition) is 0. The Morgan fingerprint density at radius 1 is 0.957 bits per heavy atom. The molecule has 0 spiro atoms. The first-order valence-corrected chi connectivity index (χ1v) is 7.97. The van der Waals surface area contributed by atoms with Gasteiger partial charge in [0.2, 0.25) is 0 Å². The summed E-state index contributed by atoms with van der Waals surface area (Å²) in [5, 5.41) is 5.33. The summed E-state index contributed by atoms with van der Waals surface area (Å²) in [6, 6.07) is 14.8. The highest BCUT2D eigenvalue weighted by Crippen LogP contribution is 2.43. The van der Waals surface area contributed by atoms with Crippen LogP contribution < -0.4 is 0 Å². The van der Waals surface area contributed by atoms with Gasteiger partial charge < -0.3 is 0 Å². The number of aromatic nitrogens is 2. The Kier molecular flexibility index (Phi) is 4.42. The molecular formula is C18H15Cl2FN2. The van der Waals surface area contributed by atoms with E-state index in [0.29, 0.717) is 21.2 Å². The maximum absolute atomic E-state index is 16.3. The Labute approximate surface area is 144 Å². The minimum atomic E-state index is -1.76. The summed E-state index contributed by atoms with van der Waals surface area (Å²) >= 11 is 11.9. The van der Waals surface area contributed by atoms with Crippen LogP contribution in [0.1, 0.15) is 24.1 Å². The summed E-state index contributed by atoms with van der Waals surface area (Å²) in [7, 11) is 0. The van der Waals surface area contributed by atoms with Crippen molar-refractivity contribution < 1.29 is 4.39 Å². The molecule has 0 amide bonds. The average Bonchev–Trinajstić information content (AvgIpc) is 3.09. The molecule has 0 saturated heterocycles. The minimum Gasteiger partial charge on any atom is -0.266 e. The number of alkyl halides is 1. The van der Waals surface area contributed by atoms with Crippen molar-refractivity contribution in [1.29, 1.82) is 0 Å². The van der Waals surface area contributed by atoms with Crippen molar-refractivity contribution in [3.8, 4) is 0 Å². The van der Waals surface area contributed by atoms with Gasteiger partial charge in [0.1, 0.15) is 0 Å². The molecule has 3 rings (SSSR count). The van der Waals surface area contributed by atoms with Crippen molar-refractivity contribution in [2.24, 2.45) is 0 Å². The van der Waals surface area contributed by atoms with Gasteiger partial charge >= 0.3 is 0 Å². The summed E-state index contributed by atoms with van der Waals surface area (Å²) in [6.45, 7) is 1.80. The summed E-state index contributed by atoms with van der Waals surface area (Å²) in [4.78, 5) is 0. The monoisotopic (exact) mass is 348 g/mol. The third kappa shape index (κ3) is 2.99. The summed E-state index contributed by atoms with van der Waals surface area (Å²) in [5.41, 5.74) is -0.722. The second-order valence-electron chi connectivity index (χ2n) is 5.39. The van der Waals surface area contributed by atoms with E-state index in [0.717, 1.165) is 0 Å². The molecule has 0 bridgehead atoms. The van der Waals surface area contributed by atoms with Crippen molar-refractivity contribution >= 4 is 23.2 Å². The largest absolute Gasteiger partial charge is 0.266 e. The molecule has 0 N–H and O–H groups in total. The smallest absolute Gasteiger partial charge is 0.182 e. The number of hydrogen-bond acceptors (Lipinski definition) is 1. The van der Waals surface area contributed by atoms with Crippen LogP contribution in [-0.4, -0.2) is 9.78 Å². The van der Waals surface area contributed by atoms with Crippen LogP contribution in [-0.2, 0) is 5.67 Å². The van der Waals surface area contributed by atoms with Gasteiger partial charge in [-0.3, -0.25) is 4.68 Å². The van der Waals surface area contributed by atoms with Crippen molar-refractivity contribution in [1.82, 2.24) is 9.78 Å². The van der Waals surface area contributed by atoms with Gasteiger partial charge in [0, 0.05) is 22.4 Å². The molecule has 1 heterocycles. The molecule has 23 heavy (non-hydrogen) atoms. The zero-order chi connectivity index (χ0) is 16.4. The van der Waals surface area contributed by atoms with Crippen molar-refractivity contribution in [3.05, 3.63) is 88.2 Å². The fourth-order valence-corrected chi connectivity index (χ4v) is 2.98. The quantitative estimate of drug-likeness (QED) is 0.594. The Morgan fingerprint density at radius 3 is 1.83 bits per heavy atom. The van der Waals surface area contributed by atoms with Crippen LogP contribution in [0.4, 0.5) is 4.39 Å². The Balaban J connectivity index is 2.16. The number of halogens is 3. The van der Waals surface area contributed by atoms with Gasteiger partial charge in [0.15, 0.2) is 5.67 Å². The van der Waals surface area contributed by atoms with Gasteiger partial charge in [0.05, 0.1) is 6.04 Å². The third-order valence-electron chi connectivity index (χ3n) is 4.03. The van der Waals surface area contributed by atoms with Crippen LogP contribution >= 0.6 is 23.2 Å². The van der Waals surface area contributed by atoms with Gasteiger partial charge in [-0.1, -0.05) is 47.5 Å². The molecule has 0 fully saturated rings. The average molecular weight is 349 g/mol. The maximum atomic E-state index is 16.3. The fraction of sp³-hybridized carbons (Fsp3) is 0.167. The maximum Gasteiger partial charge on any atom is 0.182 e. The predicted octanol–water partition coefficient (Wildman–Crippen LogP) is 5.66. The van der Waals surface area contributed by atoms with Gasteiger partial charge in [-0.05, 0) is 48.4 Å². The summed E-state index contributed by atoms with van der Waals surface area (Å²) in [6.07, 6.45) is 3.39. The van der Waals surface area contributed by atoms with Crippen LogP contribution in [0.3, 0.4) is 0 Å². The van der Waals surface area contributed by atoms with E-state index in [-0.39, 0.29) is 0 Å². The fourth-order valence-electron chi connectivity index (χ4n) is 2.73. The van der Waals surface area contributed by atoms with E-state index in [2.05, 4.69) is 5.10 Å².